The average Bonchev–Trinajstić information content (AvgIpc) is 2.68. The highest BCUT2D eigenvalue weighted by molar-refractivity contribution is 6.31. The van der Waals surface area contributed by atoms with Crippen molar-refractivity contribution in [1.29, 1.82) is 0 Å². The Kier molecular flexibility index (Phi) is 6.40. The Balaban J connectivity index is 1.53. The molecule has 1 aliphatic rings. The largest absolute Gasteiger partial charge is 0.495 e. The van der Waals surface area contributed by atoms with Gasteiger partial charge in [0, 0.05) is 5.02 Å². The second-order valence-electron chi connectivity index (χ2n) is 6.59. The molecule has 0 bridgehead atoms. The monoisotopic (exact) mass is 373 g/mol. The number of benzene rings is 2. The molecule has 26 heavy (non-hydrogen) atoms. The third-order valence-electron chi connectivity index (χ3n) is 4.76. The van der Waals surface area contributed by atoms with Crippen LogP contribution in [0.3, 0.4) is 0 Å². The molecule has 4 nitrogen and oxygen atoms in total. The van der Waals surface area contributed by atoms with Crippen molar-refractivity contribution in [3.8, 4) is 11.5 Å². The van der Waals surface area contributed by atoms with Crippen LogP contribution in [0.4, 0.5) is 5.69 Å². The van der Waals surface area contributed by atoms with Crippen molar-refractivity contribution >= 4 is 23.2 Å². The lowest BCUT2D eigenvalue weighted by Gasteiger charge is -2.22. The molecule has 138 valence electrons. The fourth-order valence-corrected chi connectivity index (χ4v) is 3.56. The summed E-state index contributed by atoms with van der Waals surface area (Å²) >= 11 is 5.97. The molecule has 1 N–H and O–H groups in total. The number of methoxy groups -OCH3 is 1. The summed E-state index contributed by atoms with van der Waals surface area (Å²) in [5, 5.41) is 3.29. The highest BCUT2D eigenvalue weighted by atomic mass is 35.5. The molecular formula is C21H24ClNO3. The molecule has 1 amide bonds. The van der Waals surface area contributed by atoms with Gasteiger partial charge < -0.3 is 14.8 Å². The van der Waals surface area contributed by atoms with Gasteiger partial charge in [-0.1, -0.05) is 43.0 Å². The van der Waals surface area contributed by atoms with Gasteiger partial charge in [0.05, 0.1) is 12.8 Å². The van der Waals surface area contributed by atoms with Gasteiger partial charge in [0.15, 0.2) is 6.61 Å². The van der Waals surface area contributed by atoms with Crippen molar-refractivity contribution in [3.63, 3.8) is 0 Å². The lowest BCUT2D eigenvalue weighted by atomic mass is 9.84. The number of carbonyl (C=O) groups is 1. The summed E-state index contributed by atoms with van der Waals surface area (Å²) in [6.07, 6.45) is 6.52. The smallest absolute Gasteiger partial charge is 0.262 e. The number of ether oxygens (including phenoxy) is 2. The van der Waals surface area contributed by atoms with Gasteiger partial charge in [0.25, 0.3) is 5.91 Å². The Labute approximate surface area is 159 Å². The molecule has 0 saturated heterocycles. The predicted molar refractivity (Wildman–Crippen MR) is 104 cm³/mol. The van der Waals surface area contributed by atoms with E-state index < -0.39 is 0 Å². The molecule has 0 aromatic heterocycles. The minimum atomic E-state index is -0.262. The lowest BCUT2D eigenvalue weighted by molar-refractivity contribution is -0.118. The van der Waals surface area contributed by atoms with Crippen molar-refractivity contribution in [2.45, 2.75) is 38.0 Å². The van der Waals surface area contributed by atoms with Crippen LogP contribution in [0.2, 0.25) is 5.02 Å². The summed E-state index contributed by atoms with van der Waals surface area (Å²) < 4.78 is 10.8. The SMILES string of the molecule is COc1ccc(Cl)cc1NC(=O)COc1ccc(C2CCCCC2)cc1. The topological polar surface area (TPSA) is 47.6 Å². The van der Waals surface area contributed by atoms with Crippen LogP contribution in [0, 0.1) is 0 Å². The minimum Gasteiger partial charge on any atom is -0.495 e. The normalized spacial score (nSPS) is 14.7. The molecule has 0 unspecified atom stereocenters. The second-order valence-corrected chi connectivity index (χ2v) is 7.02. The Morgan fingerprint density at radius 2 is 1.85 bits per heavy atom. The molecule has 0 radical (unpaired) electrons. The minimum absolute atomic E-state index is 0.0710. The third kappa shape index (κ3) is 4.92. The van der Waals surface area contributed by atoms with Crippen LogP contribution in [-0.4, -0.2) is 19.6 Å². The van der Waals surface area contributed by atoms with E-state index in [1.807, 2.05) is 12.1 Å². The van der Waals surface area contributed by atoms with E-state index in [9.17, 15) is 4.79 Å². The van der Waals surface area contributed by atoms with Gasteiger partial charge in [0.2, 0.25) is 0 Å². The molecule has 0 spiro atoms. The molecule has 2 aromatic carbocycles. The number of halogens is 1. The maximum absolute atomic E-state index is 12.1. The van der Waals surface area contributed by atoms with Crippen LogP contribution < -0.4 is 14.8 Å². The Bertz CT molecular complexity index is 739. The molecular weight excluding hydrogens is 350 g/mol. The van der Waals surface area contributed by atoms with Gasteiger partial charge in [-0.2, -0.15) is 0 Å². The Hall–Kier alpha value is -2.20. The van der Waals surface area contributed by atoms with E-state index in [1.54, 1.807) is 25.3 Å². The van der Waals surface area contributed by atoms with Gasteiger partial charge in [-0.25, -0.2) is 0 Å². The van der Waals surface area contributed by atoms with Gasteiger partial charge in [-0.05, 0) is 54.7 Å². The number of nitrogens with one attached hydrogen (secondary N) is 1. The predicted octanol–water partition coefficient (Wildman–Crippen LogP) is 5.41. The molecule has 0 heterocycles. The standard InChI is InChI=1S/C21H24ClNO3/c1-25-20-12-9-17(22)13-19(20)23-21(24)14-26-18-10-7-16(8-11-18)15-5-3-2-4-6-15/h7-13,15H,2-6,14H2,1H3,(H,23,24). The number of rotatable bonds is 6. The highest BCUT2D eigenvalue weighted by Crippen LogP contribution is 2.33. The zero-order valence-electron chi connectivity index (χ0n) is 15.0. The summed E-state index contributed by atoms with van der Waals surface area (Å²) in [5.74, 6) is 1.65. The van der Waals surface area contributed by atoms with Crippen LogP contribution in [-0.2, 0) is 4.79 Å². The third-order valence-corrected chi connectivity index (χ3v) is 5.00. The summed E-state index contributed by atoms with van der Waals surface area (Å²) in [7, 11) is 1.54. The molecule has 5 heteroatoms. The van der Waals surface area contributed by atoms with Crippen LogP contribution >= 0.6 is 11.6 Å². The first kappa shape index (κ1) is 18.6. The van der Waals surface area contributed by atoms with E-state index in [0.29, 0.717) is 28.1 Å². The van der Waals surface area contributed by atoms with E-state index >= 15 is 0 Å². The van der Waals surface area contributed by atoms with E-state index in [1.165, 1.54) is 37.7 Å². The molecule has 1 fully saturated rings. The fourth-order valence-electron chi connectivity index (χ4n) is 3.39. The van der Waals surface area contributed by atoms with Crippen LogP contribution in [0.25, 0.3) is 0 Å². The Morgan fingerprint density at radius 1 is 1.12 bits per heavy atom. The van der Waals surface area contributed by atoms with Crippen molar-refractivity contribution in [2.75, 3.05) is 19.0 Å². The zero-order valence-corrected chi connectivity index (χ0v) is 15.7. The number of anilines is 1. The molecule has 3 rings (SSSR count). The van der Waals surface area contributed by atoms with Crippen molar-refractivity contribution < 1.29 is 14.3 Å². The average molecular weight is 374 g/mol. The van der Waals surface area contributed by atoms with Crippen LogP contribution in [0.5, 0.6) is 11.5 Å². The molecule has 0 aliphatic heterocycles. The molecule has 1 saturated carbocycles. The number of hydrogen-bond donors (Lipinski definition) is 1. The van der Waals surface area contributed by atoms with E-state index in [0.717, 1.165) is 0 Å². The van der Waals surface area contributed by atoms with Gasteiger partial charge in [-0.3, -0.25) is 4.79 Å². The van der Waals surface area contributed by atoms with Crippen LogP contribution in [0.15, 0.2) is 42.5 Å². The Morgan fingerprint density at radius 3 is 2.54 bits per heavy atom. The highest BCUT2D eigenvalue weighted by Gasteiger charge is 2.15. The van der Waals surface area contributed by atoms with Crippen LogP contribution in [0.1, 0.15) is 43.6 Å². The van der Waals surface area contributed by atoms with Gasteiger partial charge in [-0.15, -0.1) is 0 Å². The quantitative estimate of drug-likeness (QED) is 0.736. The summed E-state index contributed by atoms with van der Waals surface area (Å²) in [6.45, 7) is -0.0710. The lowest BCUT2D eigenvalue weighted by Crippen LogP contribution is -2.20. The number of carbonyl (C=O) groups excluding carboxylic acids is 1. The van der Waals surface area contributed by atoms with E-state index in [4.69, 9.17) is 21.1 Å². The zero-order chi connectivity index (χ0) is 18.4. The van der Waals surface area contributed by atoms with Gasteiger partial charge >= 0.3 is 0 Å². The van der Waals surface area contributed by atoms with Gasteiger partial charge in [0.1, 0.15) is 11.5 Å². The van der Waals surface area contributed by atoms with E-state index in [2.05, 4.69) is 17.4 Å². The maximum atomic E-state index is 12.1. The second kappa shape index (κ2) is 8.95. The number of hydrogen-bond acceptors (Lipinski definition) is 3. The fraction of sp³-hybridized carbons (Fsp3) is 0.381. The summed E-state index contributed by atoms with van der Waals surface area (Å²) in [6, 6.07) is 13.2. The summed E-state index contributed by atoms with van der Waals surface area (Å²) in [4.78, 5) is 12.1. The first-order chi connectivity index (χ1) is 12.7. The molecule has 0 atom stereocenters. The first-order valence-electron chi connectivity index (χ1n) is 9.02. The molecule has 2 aromatic rings. The first-order valence-corrected chi connectivity index (χ1v) is 9.39. The van der Waals surface area contributed by atoms with Crippen molar-refractivity contribution in [2.24, 2.45) is 0 Å². The number of amides is 1. The maximum Gasteiger partial charge on any atom is 0.262 e. The molecule has 1 aliphatic carbocycles. The van der Waals surface area contributed by atoms with Crippen molar-refractivity contribution in [3.05, 3.63) is 53.1 Å². The van der Waals surface area contributed by atoms with E-state index in [-0.39, 0.29) is 12.5 Å². The van der Waals surface area contributed by atoms with Crippen molar-refractivity contribution in [1.82, 2.24) is 0 Å². The summed E-state index contributed by atoms with van der Waals surface area (Å²) in [5.41, 5.74) is 1.89.